The van der Waals surface area contributed by atoms with Gasteiger partial charge < -0.3 is 10.1 Å². The summed E-state index contributed by atoms with van der Waals surface area (Å²) in [6.07, 6.45) is 2.01. The monoisotopic (exact) mass is 175 g/mol. The molecule has 0 unspecified atom stereocenters. The van der Waals surface area contributed by atoms with E-state index in [9.17, 15) is 5.11 Å². The van der Waals surface area contributed by atoms with Gasteiger partial charge in [-0.1, -0.05) is 13.8 Å². The van der Waals surface area contributed by atoms with Crippen LogP contribution in [0.2, 0.25) is 0 Å². The number of rotatable bonds is 1. The molecule has 0 aliphatic carbocycles. The van der Waals surface area contributed by atoms with Crippen LogP contribution in [-0.4, -0.2) is 10.1 Å². The summed E-state index contributed by atoms with van der Waals surface area (Å²) in [5.41, 5.74) is 2.34. The first-order valence-corrected chi connectivity index (χ1v) is 4.48. The van der Waals surface area contributed by atoms with E-state index >= 15 is 0 Å². The van der Waals surface area contributed by atoms with Crippen molar-refractivity contribution in [3.8, 4) is 5.75 Å². The van der Waals surface area contributed by atoms with Gasteiger partial charge in [0.1, 0.15) is 5.75 Å². The quantitative estimate of drug-likeness (QED) is 0.686. The Morgan fingerprint density at radius 1 is 1.31 bits per heavy atom. The van der Waals surface area contributed by atoms with E-state index in [1.807, 2.05) is 12.3 Å². The summed E-state index contributed by atoms with van der Waals surface area (Å²) in [7, 11) is 0. The maximum Gasteiger partial charge on any atom is 0.116 e. The van der Waals surface area contributed by atoms with Crippen LogP contribution < -0.4 is 0 Å². The number of hydrogen-bond donors (Lipinski definition) is 2. The van der Waals surface area contributed by atoms with Gasteiger partial charge in [-0.05, 0) is 29.7 Å². The maximum atomic E-state index is 9.34. The normalized spacial score (nSPS) is 11.3. The van der Waals surface area contributed by atoms with Crippen LogP contribution in [0.1, 0.15) is 25.3 Å². The van der Waals surface area contributed by atoms with Gasteiger partial charge in [0.2, 0.25) is 0 Å². The van der Waals surface area contributed by atoms with Crippen LogP contribution in [0.4, 0.5) is 0 Å². The highest BCUT2D eigenvalue weighted by atomic mass is 16.3. The maximum absolute atomic E-state index is 9.34. The Kier molecular flexibility index (Phi) is 1.76. The molecular formula is C11H13NO. The van der Waals surface area contributed by atoms with Gasteiger partial charge in [-0.3, -0.25) is 0 Å². The second-order valence-electron chi connectivity index (χ2n) is 3.63. The van der Waals surface area contributed by atoms with E-state index < -0.39 is 0 Å². The molecular weight excluding hydrogens is 162 g/mol. The van der Waals surface area contributed by atoms with Gasteiger partial charge in [-0.15, -0.1) is 0 Å². The molecule has 0 radical (unpaired) electrons. The molecule has 0 atom stereocenters. The van der Waals surface area contributed by atoms with Gasteiger partial charge in [0.05, 0.1) is 0 Å². The number of aromatic nitrogens is 1. The van der Waals surface area contributed by atoms with Crippen LogP contribution in [0.3, 0.4) is 0 Å². The van der Waals surface area contributed by atoms with Gasteiger partial charge in [-0.25, -0.2) is 0 Å². The lowest BCUT2D eigenvalue weighted by atomic mass is 10.0. The van der Waals surface area contributed by atoms with Gasteiger partial charge >= 0.3 is 0 Å². The van der Waals surface area contributed by atoms with E-state index in [4.69, 9.17) is 0 Å². The summed E-state index contributed by atoms with van der Waals surface area (Å²) < 4.78 is 0. The molecule has 1 aromatic heterocycles. The minimum Gasteiger partial charge on any atom is -0.508 e. The number of H-pyrrole nitrogens is 1. The third-order valence-electron chi connectivity index (χ3n) is 2.32. The second-order valence-corrected chi connectivity index (χ2v) is 3.63. The van der Waals surface area contributed by atoms with E-state index in [1.54, 1.807) is 12.1 Å². The highest BCUT2D eigenvalue weighted by Crippen LogP contribution is 2.27. The van der Waals surface area contributed by atoms with Crippen LogP contribution in [0.5, 0.6) is 5.75 Å². The van der Waals surface area contributed by atoms with E-state index in [0.717, 1.165) is 10.9 Å². The molecule has 0 amide bonds. The molecule has 0 saturated heterocycles. The third kappa shape index (κ3) is 1.28. The zero-order valence-electron chi connectivity index (χ0n) is 7.83. The van der Waals surface area contributed by atoms with Crippen molar-refractivity contribution < 1.29 is 5.11 Å². The summed E-state index contributed by atoms with van der Waals surface area (Å²) in [4.78, 5) is 3.19. The van der Waals surface area contributed by atoms with Crippen LogP contribution >= 0.6 is 0 Å². The summed E-state index contributed by atoms with van der Waals surface area (Å²) in [6, 6.07) is 5.40. The van der Waals surface area contributed by atoms with Crippen molar-refractivity contribution in [1.82, 2.24) is 4.98 Å². The SMILES string of the molecule is CC(C)c1c[nH]c2ccc(O)cc12. The fraction of sp³-hybridized carbons (Fsp3) is 0.273. The van der Waals surface area contributed by atoms with Gasteiger partial charge in [0, 0.05) is 17.1 Å². The minimum absolute atomic E-state index is 0.328. The Morgan fingerprint density at radius 2 is 2.08 bits per heavy atom. The molecule has 13 heavy (non-hydrogen) atoms. The number of benzene rings is 1. The van der Waals surface area contributed by atoms with E-state index in [0.29, 0.717) is 11.7 Å². The topological polar surface area (TPSA) is 36.0 Å². The van der Waals surface area contributed by atoms with E-state index in [-0.39, 0.29) is 0 Å². The van der Waals surface area contributed by atoms with E-state index in [2.05, 4.69) is 18.8 Å². The average molecular weight is 175 g/mol. The Hall–Kier alpha value is -1.44. The van der Waals surface area contributed by atoms with Crippen LogP contribution in [0, 0.1) is 0 Å². The Balaban J connectivity index is 2.71. The highest BCUT2D eigenvalue weighted by molar-refractivity contribution is 5.84. The molecule has 0 bridgehead atoms. The van der Waals surface area contributed by atoms with Crippen molar-refractivity contribution in [3.63, 3.8) is 0 Å². The predicted molar refractivity (Wildman–Crippen MR) is 54.1 cm³/mol. The summed E-state index contributed by atoms with van der Waals surface area (Å²) in [5.74, 6) is 0.810. The van der Waals surface area contributed by atoms with Crippen LogP contribution in [0.15, 0.2) is 24.4 Å². The third-order valence-corrected chi connectivity index (χ3v) is 2.32. The molecule has 0 fully saturated rings. The molecule has 2 rings (SSSR count). The highest BCUT2D eigenvalue weighted by Gasteiger charge is 2.06. The number of phenols is 1. The first kappa shape index (κ1) is 8.17. The number of phenolic OH excluding ortho intramolecular Hbond substituents is 1. The summed E-state index contributed by atoms with van der Waals surface area (Å²) in [6.45, 7) is 4.29. The van der Waals surface area contributed by atoms with Gasteiger partial charge in [0.25, 0.3) is 0 Å². The average Bonchev–Trinajstić information content (AvgIpc) is 2.46. The zero-order valence-corrected chi connectivity index (χ0v) is 7.83. The van der Waals surface area contributed by atoms with E-state index in [1.165, 1.54) is 5.56 Å². The molecule has 0 saturated carbocycles. The molecule has 1 heterocycles. The lowest BCUT2D eigenvalue weighted by molar-refractivity contribution is 0.476. The van der Waals surface area contributed by atoms with Crippen molar-refractivity contribution in [2.45, 2.75) is 19.8 Å². The fourth-order valence-corrected chi connectivity index (χ4v) is 1.61. The summed E-state index contributed by atoms with van der Waals surface area (Å²) in [5, 5.41) is 10.5. The Labute approximate surface area is 77.2 Å². The van der Waals surface area contributed by atoms with Crippen LogP contribution in [0.25, 0.3) is 10.9 Å². The van der Waals surface area contributed by atoms with Crippen molar-refractivity contribution in [3.05, 3.63) is 30.0 Å². The Morgan fingerprint density at radius 3 is 2.77 bits per heavy atom. The zero-order chi connectivity index (χ0) is 9.42. The van der Waals surface area contributed by atoms with Crippen molar-refractivity contribution >= 4 is 10.9 Å². The van der Waals surface area contributed by atoms with Crippen LogP contribution in [-0.2, 0) is 0 Å². The Bertz CT molecular complexity index is 429. The largest absolute Gasteiger partial charge is 0.508 e. The molecule has 2 nitrogen and oxygen atoms in total. The van der Waals surface area contributed by atoms with Gasteiger partial charge in [-0.2, -0.15) is 0 Å². The van der Waals surface area contributed by atoms with Crippen molar-refractivity contribution in [2.24, 2.45) is 0 Å². The number of aromatic amines is 1. The first-order chi connectivity index (χ1) is 6.18. The van der Waals surface area contributed by atoms with Gasteiger partial charge in [0.15, 0.2) is 0 Å². The van der Waals surface area contributed by atoms with Crippen molar-refractivity contribution in [1.29, 1.82) is 0 Å². The molecule has 68 valence electrons. The number of nitrogens with one attached hydrogen (secondary N) is 1. The fourth-order valence-electron chi connectivity index (χ4n) is 1.61. The molecule has 1 aromatic carbocycles. The molecule has 0 spiro atoms. The number of hydrogen-bond acceptors (Lipinski definition) is 1. The molecule has 2 N–H and O–H groups in total. The molecule has 2 heteroatoms. The second kappa shape index (κ2) is 2.80. The smallest absolute Gasteiger partial charge is 0.116 e. The first-order valence-electron chi connectivity index (χ1n) is 4.48. The predicted octanol–water partition coefficient (Wildman–Crippen LogP) is 3.00. The number of aromatic hydroxyl groups is 1. The lowest BCUT2D eigenvalue weighted by Crippen LogP contribution is -1.82. The number of fused-ring (bicyclic) bond motifs is 1. The lowest BCUT2D eigenvalue weighted by Gasteiger charge is -2.01. The van der Waals surface area contributed by atoms with Crippen molar-refractivity contribution in [2.75, 3.05) is 0 Å². The minimum atomic E-state index is 0.328. The molecule has 0 aliphatic rings. The molecule has 0 aliphatic heterocycles. The standard InChI is InChI=1S/C11H13NO/c1-7(2)10-6-12-11-4-3-8(13)5-9(10)11/h3-7,12-13H,1-2H3. The molecule has 2 aromatic rings. The summed E-state index contributed by atoms with van der Waals surface area (Å²) >= 11 is 0.